The van der Waals surface area contributed by atoms with Crippen LogP contribution in [0.15, 0.2) is 23.1 Å². The summed E-state index contributed by atoms with van der Waals surface area (Å²) in [4.78, 5) is 14.0. The van der Waals surface area contributed by atoms with E-state index in [4.69, 9.17) is 5.26 Å². The number of fused-ring (bicyclic) bond motifs is 1. The number of nitrogens with zero attached hydrogens (tertiary/aromatic N) is 2. The molecule has 1 aliphatic heterocycles. The van der Waals surface area contributed by atoms with E-state index in [2.05, 4.69) is 17.6 Å². The van der Waals surface area contributed by atoms with Gasteiger partial charge in [-0.25, -0.2) is 0 Å². The molecule has 0 aliphatic carbocycles. The molecular formula is C12H13N3OS. The molecule has 0 atom stereocenters. The van der Waals surface area contributed by atoms with Gasteiger partial charge >= 0.3 is 0 Å². The molecule has 1 amide bonds. The van der Waals surface area contributed by atoms with Crippen molar-refractivity contribution in [2.45, 2.75) is 11.3 Å². The topological polar surface area (TPSA) is 56.1 Å². The molecule has 1 heterocycles. The number of nitrogens with one attached hydrogen (secondary N) is 1. The highest BCUT2D eigenvalue weighted by atomic mass is 32.2. The van der Waals surface area contributed by atoms with Crippen molar-refractivity contribution in [3.8, 4) is 6.19 Å². The third-order valence-corrected chi connectivity index (χ3v) is 3.66. The van der Waals surface area contributed by atoms with Crippen LogP contribution in [0.1, 0.15) is 5.56 Å². The molecule has 4 nitrogen and oxygen atoms in total. The molecule has 17 heavy (non-hydrogen) atoms. The van der Waals surface area contributed by atoms with E-state index in [1.165, 1.54) is 0 Å². The van der Waals surface area contributed by atoms with Gasteiger partial charge in [0.2, 0.25) is 5.91 Å². The van der Waals surface area contributed by atoms with Crippen molar-refractivity contribution in [1.29, 1.82) is 5.26 Å². The summed E-state index contributed by atoms with van der Waals surface area (Å²) in [6.07, 6.45) is 2.87. The predicted octanol–water partition coefficient (Wildman–Crippen LogP) is 1.69. The molecule has 0 radical (unpaired) electrons. The Balaban J connectivity index is 2.08. The molecule has 0 saturated heterocycles. The second kappa shape index (κ2) is 5.11. The van der Waals surface area contributed by atoms with Gasteiger partial charge in [0.05, 0.1) is 11.4 Å². The van der Waals surface area contributed by atoms with Crippen molar-refractivity contribution in [1.82, 2.24) is 4.90 Å². The van der Waals surface area contributed by atoms with E-state index < -0.39 is 0 Å². The molecule has 0 bridgehead atoms. The maximum atomic E-state index is 11.3. The Hall–Kier alpha value is -1.67. The first-order valence-corrected chi connectivity index (χ1v) is 6.34. The largest absolute Gasteiger partial charge is 0.324 e. The zero-order chi connectivity index (χ0) is 12.3. The lowest BCUT2D eigenvalue weighted by molar-refractivity contribution is -0.113. The summed E-state index contributed by atoms with van der Waals surface area (Å²) in [6, 6.07) is 6.07. The summed E-state index contributed by atoms with van der Waals surface area (Å²) < 4.78 is 0. The SMILES string of the molecule is CN(C#N)CCc1ccc2c(c1)NC(=O)CS2. The van der Waals surface area contributed by atoms with Crippen LogP contribution < -0.4 is 5.32 Å². The Bertz CT molecular complexity index is 481. The molecule has 0 aromatic heterocycles. The fourth-order valence-corrected chi connectivity index (χ4v) is 2.42. The number of nitriles is 1. The Morgan fingerprint density at radius 2 is 2.41 bits per heavy atom. The van der Waals surface area contributed by atoms with E-state index in [1.54, 1.807) is 23.7 Å². The Kier molecular flexibility index (Phi) is 3.55. The lowest BCUT2D eigenvalue weighted by Crippen LogP contribution is -2.19. The second-order valence-electron chi connectivity index (χ2n) is 3.94. The van der Waals surface area contributed by atoms with Crippen LogP contribution in [-0.2, 0) is 11.2 Å². The average Bonchev–Trinajstić information content (AvgIpc) is 2.35. The van der Waals surface area contributed by atoms with Crippen molar-refractivity contribution >= 4 is 23.4 Å². The number of amides is 1. The maximum absolute atomic E-state index is 11.3. The number of likely N-dealkylation sites (N-methyl/N-ethyl adjacent to an activating group) is 1. The number of anilines is 1. The van der Waals surface area contributed by atoms with Crippen molar-refractivity contribution in [2.24, 2.45) is 0 Å². The van der Waals surface area contributed by atoms with Crippen molar-refractivity contribution in [3.05, 3.63) is 23.8 Å². The molecule has 5 heteroatoms. The first kappa shape index (κ1) is 11.8. The van der Waals surface area contributed by atoms with Crippen LogP contribution in [-0.4, -0.2) is 30.2 Å². The number of carbonyl (C=O) groups is 1. The standard InChI is InChI=1S/C12H13N3OS/c1-15(8-13)5-4-9-2-3-11-10(6-9)14-12(16)7-17-11/h2-3,6H,4-5,7H2,1H3,(H,14,16). The van der Waals surface area contributed by atoms with E-state index in [-0.39, 0.29) is 5.91 Å². The van der Waals surface area contributed by atoms with Crippen LogP contribution in [0.5, 0.6) is 0 Å². The van der Waals surface area contributed by atoms with E-state index in [0.29, 0.717) is 12.3 Å². The predicted molar refractivity (Wildman–Crippen MR) is 67.7 cm³/mol. The quantitative estimate of drug-likeness (QED) is 0.652. The Labute approximate surface area is 105 Å². The van der Waals surface area contributed by atoms with Gasteiger partial charge in [0.25, 0.3) is 0 Å². The second-order valence-corrected chi connectivity index (χ2v) is 4.96. The minimum absolute atomic E-state index is 0.0498. The summed E-state index contributed by atoms with van der Waals surface area (Å²) in [7, 11) is 1.76. The highest BCUT2D eigenvalue weighted by molar-refractivity contribution is 8.00. The van der Waals surface area contributed by atoms with Crippen LogP contribution in [0.2, 0.25) is 0 Å². The van der Waals surface area contributed by atoms with Gasteiger partial charge in [-0.2, -0.15) is 5.26 Å². The molecule has 88 valence electrons. The molecule has 2 rings (SSSR count). The van der Waals surface area contributed by atoms with Gasteiger partial charge in [0.1, 0.15) is 0 Å². The number of benzene rings is 1. The zero-order valence-corrected chi connectivity index (χ0v) is 10.4. The van der Waals surface area contributed by atoms with Crippen LogP contribution in [0.25, 0.3) is 0 Å². The Morgan fingerprint density at radius 3 is 3.18 bits per heavy atom. The van der Waals surface area contributed by atoms with E-state index in [1.807, 2.05) is 12.1 Å². The normalized spacial score (nSPS) is 13.5. The number of rotatable bonds is 3. The monoisotopic (exact) mass is 247 g/mol. The third-order valence-electron chi connectivity index (χ3n) is 2.58. The van der Waals surface area contributed by atoms with Crippen LogP contribution in [0, 0.1) is 11.5 Å². The molecular weight excluding hydrogens is 234 g/mol. The van der Waals surface area contributed by atoms with Gasteiger partial charge in [0.15, 0.2) is 6.19 Å². The lowest BCUT2D eigenvalue weighted by Gasteiger charge is -2.17. The minimum atomic E-state index is 0.0498. The average molecular weight is 247 g/mol. The first-order chi connectivity index (χ1) is 8.19. The number of hydrogen-bond acceptors (Lipinski definition) is 4. The first-order valence-electron chi connectivity index (χ1n) is 5.35. The highest BCUT2D eigenvalue weighted by Gasteiger charge is 2.15. The molecule has 0 spiro atoms. The summed E-state index contributed by atoms with van der Waals surface area (Å²) in [6.45, 7) is 0.691. The summed E-state index contributed by atoms with van der Waals surface area (Å²) >= 11 is 1.56. The van der Waals surface area contributed by atoms with Gasteiger partial charge in [-0.05, 0) is 24.1 Å². The minimum Gasteiger partial charge on any atom is -0.324 e. The van der Waals surface area contributed by atoms with Gasteiger partial charge in [-0.1, -0.05) is 6.07 Å². The molecule has 1 aromatic carbocycles. The fraction of sp³-hybridized carbons (Fsp3) is 0.333. The smallest absolute Gasteiger partial charge is 0.234 e. The lowest BCUT2D eigenvalue weighted by atomic mass is 10.1. The highest BCUT2D eigenvalue weighted by Crippen LogP contribution is 2.31. The summed E-state index contributed by atoms with van der Waals surface area (Å²) in [5.74, 6) is 0.539. The molecule has 1 aromatic rings. The van der Waals surface area contributed by atoms with Gasteiger partial charge < -0.3 is 10.2 Å². The number of hydrogen-bond donors (Lipinski definition) is 1. The van der Waals surface area contributed by atoms with E-state index in [0.717, 1.165) is 22.6 Å². The van der Waals surface area contributed by atoms with Gasteiger partial charge in [-0.15, -0.1) is 11.8 Å². The van der Waals surface area contributed by atoms with Crippen molar-refractivity contribution in [3.63, 3.8) is 0 Å². The molecule has 0 unspecified atom stereocenters. The third kappa shape index (κ3) is 2.92. The maximum Gasteiger partial charge on any atom is 0.234 e. The number of carbonyl (C=O) groups excluding carboxylic acids is 1. The van der Waals surface area contributed by atoms with Crippen LogP contribution in [0.4, 0.5) is 5.69 Å². The zero-order valence-electron chi connectivity index (χ0n) is 9.56. The van der Waals surface area contributed by atoms with Crippen molar-refractivity contribution in [2.75, 3.05) is 24.7 Å². The van der Waals surface area contributed by atoms with Crippen LogP contribution >= 0.6 is 11.8 Å². The fourth-order valence-electron chi connectivity index (χ4n) is 1.63. The van der Waals surface area contributed by atoms with E-state index >= 15 is 0 Å². The summed E-state index contributed by atoms with van der Waals surface area (Å²) in [5.41, 5.74) is 2.03. The molecule has 1 aliphatic rings. The van der Waals surface area contributed by atoms with Gasteiger partial charge in [-0.3, -0.25) is 4.79 Å². The van der Waals surface area contributed by atoms with Crippen LogP contribution in [0.3, 0.4) is 0 Å². The molecule has 1 N–H and O–H groups in total. The molecule has 0 saturated carbocycles. The number of thioether (sulfide) groups is 1. The molecule has 0 fully saturated rings. The van der Waals surface area contributed by atoms with E-state index in [9.17, 15) is 4.79 Å². The Morgan fingerprint density at radius 1 is 1.59 bits per heavy atom. The summed E-state index contributed by atoms with van der Waals surface area (Å²) in [5, 5.41) is 11.5. The van der Waals surface area contributed by atoms with Crippen molar-refractivity contribution < 1.29 is 4.79 Å². The van der Waals surface area contributed by atoms with Gasteiger partial charge in [0, 0.05) is 18.5 Å².